The molecule has 0 spiro atoms. The van der Waals surface area contributed by atoms with Crippen LogP contribution >= 0.6 is 24.0 Å². The molecule has 2 aromatic carbocycles. The first-order valence-electron chi connectivity index (χ1n) is 7.64. The van der Waals surface area contributed by atoms with Crippen LogP contribution in [0.5, 0.6) is 5.75 Å². The number of nitrogens with one attached hydrogen (secondary N) is 1. The van der Waals surface area contributed by atoms with Gasteiger partial charge in [-0.1, -0.05) is 41.9 Å². The van der Waals surface area contributed by atoms with Gasteiger partial charge in [-0.2, -0.15) is 0 Å². The molecule has 0 fully saturated rings. The maximum absolute atomic E-state index is 8.61. The van der Waals surface area contributed by atoms with E-state index in [1.54, 1.807) is 0 Å². The van der Waals surface area contributed by atoms with Crippen molar-refractivity contribution in [2.75, 3.05) is 26.4 Å². The van der Waals surface area contributed by atoms with Gasteiger partial charge < -0.3 is 19.9 Å². The molecule has 0 saturated carbocycles. The summed E-state index contributed by atoms with van der Waals surface area (Å²) in [5.74, 6) is 0.820. The van der Waals surface area contributed by atoms with E-state index in [0.717, 1.165) is 30.0 Å². The molecule has 132 valence electrons. The molecule has 0 aliphatic carbocycles. The number of hydrogen-bond acceptors (Lipinski definition) is 4. The van der Waals surface area contributed by atoms with E-state index in [9.17, 15) is 0 Å². The number of benzene rings is 2. The van der Waals surface area contributed by atoms with Gasteiger partial charge >= 0.3 is 0 Å². The summed E-state index contributed by atoms with van der Waals surface area (Å²) >= 11 is 6.12. The lowest BCUT2D eigenvalue weighted by molar-refractivity contribution is 0.0938. The van der Waals surface area contributed by atoms with Crippen LogP contribution < -0.4 is 10.1 Å². The Morgan fingerprint density at radius 2 is 1.88 bits per heavy atom. The summed E-state index contributed by atoms with van der Waals surface area (Å²) in [7, 11) is 0. The smallest absolute Gasteiger partial charge is 0.120 e. The van der Waals surface area contributed by atoms with Crippen LogP contribution in [0.2, 0.25) is 5.02 Å². The van der Waals surface area contributed by atoms with Gasteiger partial charge in [0.1, 0.15) is 12.4 Å². The van der Waals surface area contributed by atoms with Gasteiger partial charge in [0.15, 0.2) is 0 Å². The Hall–Kier alpha value is -1.30. The van der Waals surface area contributed by atoms with E-state index in [2.05, 4.69) is 5.32 Å². The summed E-state index contributed by atoms with van der Waals surface area (Å²) in [4.78, 5) is 0. The molecule has 2 N–H and O–H groups in total. The number of rotatable bonds is 10. The van der Waals surface area contributed by atoms with E-state index in [0.29, 0.717) is 24.8 Å². The average molecular weight is 372 g/mol. The van der Waals surface area contributed by atoms with Crippen LogP contribution in [0, 0.1) is 0 Å². The van der Waals surface area contributed by atoms with E-state index in [1.165, 1.54) is 0 Å². The van der Waals surface area contributed by atoms with Crippen molar-refractivity contribution in [3.63, 3.8) is 0 Å². The minimum absolute atomic E-state index is 0. The number of halogens is 2. The standard InChI is InChI=1S/C18H22ClNO3.ClH/c19-18-7-2-1-5-16(18)14-23-17-6-3-4-15(12-17)13-20-8-10-22-11-9-21;/h1-7,12,20-21H,8-11,13-14H2;1H. The largest absolute Gasteiger partial charge is 0.489 e. The van der Waals surface area contributed by atoms with Gasteiger partial charge in [-0.15, -0.1) is 12.4 Å². The minimum Gasteiger partial charge on any atom is -0.489 e. The monoisotopic (exact) mass is 371 g/mol. The van der Waals surface area contributed by atoms with Crippen molar-refractivity contribution in [2.24, 2.45) is 0 Å². The normalized spacial score (nSPS) is 10.2. The molecule has 0 heterocycles. The molecule has 0 atom stereocenters. The Bertz CT molecular complexity index is 596. The van der Waals surface area contributed by atoms with Crippen molar-refractivity contribution in [3.8, 4) is 5.75 Å². The molecular formula is C18H23Cl2NO3. The Balaban J connectivity index is 0.00000288. The number of aliphatic hydroxyl groups excluding tert-OH is 1. The second kappa shape index (κ2) is 12.1. The molecule has 0 unspecified atom stereocenters. The molecular weight excluding hydrogens is 349 g/mol. The second-order valence-electron chi connectivity index (χ2n) is 5.04. The number of aliphatic hydroxyl groups is 1. The van der Waals surface area contributed by atoms with E-state index in [-0.39, 0.29) is 19.0 Å². The quantitative estimate of drug-likeness (QED) is 0.628. The minimum atomic E-state index is 0. The van der Waals surface area contributed by atoms with Crippen molar-refractivity contribution < 1.29 is 14.6 Å². The van der Waals surface area contributed by atoms with E-state index in [4.69, 9.17) is 26.2 Å². The van der Waals surface area contributed by atoms with Crippen LogP contribution in [0.25, 0.3) is 0 Å². The fraction of sp³-hybridized carbons (Fsp3) is 0.333. The van der Waals surface area contributed by atoms with E-state index >= 15 is 0 Å². The van der Waals surface area contributed by atoms with Crippen molar-refractivity contribution in [1.82, 2.24) is 5.32 Å². The van der Waals surface area contributed by atoms with Gasteiger partial charge in [0.05, 0.1) is 19.8 Å². The molecule has 0 amide bonds. The van der Waals surface area contributed by atoms with Gasteiger partial charge in [-0.3, -0.25) is 0 Å². The first-order valence-corrected chi connectivity index (χ1v) is 8.02. The van der Waals surface area contributed by atoms with Crippen molar-refractivity contribution in [1.29, 1.82) is 0 Å². The Labute approximate surface area is 154 Å². The zero-order chi connectivity index (χ0) is 16.3. The third kappa shape index (κ3) is 7.51. The molecule has 0 aliphatic heterocycles. The highest BCUT2D eigenvalue weighted by molar-refractivity contribution is 6.31. The first kappa shape index (κ1) is 20.7. The summed E-state index contributed by atoms with van der Waals surface area (Å²) < 4.78 is 11.0. The first-order chi connectivity index (χ1) is 11.3. The SMILES string of the molecule is Cl.OCCOCCNCc1cccc(OCc2ccccc2Cl)c1. The summed E-state index contributed by atoms with van der Waals surface area (Å²) in [5.41, 5.74) is 2.11. The summed E-state index contributed by atoms with van der Waals surface area (Å²) in [6.07, 6.45) is 0. The molecule has 0 saturated heterocycles. The molecule has 2 rings (SSSR count). The zero-order valence-electron chi connectivity index (χ0n) is 13.4. The lowest BCUT2D eigenvalue weighted by Gasteiger charge is -2.10. The highest BCUT2D eigenvalue weighted by atomic mass is 35.5. The third-order valence-electron chi connectivity index (χ3n) is 3.24. The van der Waals surface area contributed by atoms with Crippen molar-refractivity contribution in [2.45, 2.75) is 13.2 Å². The molecule has 0 aromatic heterocycles. The van der Waals surface area contributed by atoms with Gasteiger partial charge in [-0.05, 0) is 23.8 Å². The Kier molecular flexibility index (Phi) is 10.5. The van der Waals surface area contributed by atoms with E-state index < -0.39 is 0 Å². The Morgan fingerprint density at radius 3 is 2.67 bits per heavy atom. The summed E-state index contributed by atoms with van der Waals surface area (Å²) in [6.45, 7) is 2.96. The molecule has 2 aromatic rings. The fourth-order valence-electron chi connectivity index (χ4n) is 2.07. The van der Waals surface area contributed by atoms with Crippen LogP contribution in [-0.4, -0.2) is 31.5 Å². The molecule has 24 heavy (non-hydrogen) atoms. The molecule has 0 aliphatic rings. The average Bonchev–Trinajstić information content (AvgIpc) is 2.58. The summed E-state index contributed by atoms with van der Waals surface area (Å²) in [5, 5.41) is 12.6. The van der Waals surface area contributed by atoms with Crippen molar-refractivity contribution >= 4 is 24.0 Å². The third-order valence-corrected chi connectivity index (χ3v) is 3.61. The van der Waals surface area contributed by atoms with Crippen LogP contribution in [0.4, 0.5) is 0 Å². The highest BCUT2D eigenvalue weighted by Crippen LogP contribution is 2.19. The van der Waals surface area contributed by atoms with Gasteiger partial charge in [0, 0.05) is 23.7 Å². The number of hydrogen-bond donors (Lipinski definition) is 2. The highest BCUT2D eigenvalue weighted by Gasteiger charge is 2.01. The predicted octanol–water partition coefficient (Wildman–Crippen LogP) is 3.44. The molecule has 0 radical (unpaired) electrons. The second-order valence-corrected chi connectivity index (χ2v) is 5.45. The van der Waals surface area contributed by atoms with Gasteiger partial charge in [-0.25, -0.2) is 0 Å². The molecule has 6 heteroatoms. The van der Waals surface area contributed by atoms with Gasteiger partial charge in [0.2, 0.25) is 0 Å². The molecule has 4 nitrogen and oxygen atoms in total. The van der Waals surface area contributed by atoms with Crippen LogP contribution in [0.3, 0.4) is 0 Å². The van der Waals surface area contributed by atoms with Crippen LogP contribution in [0.15, 0.2) is 48.5 Å². The van der Waals surface area contributed by atoms with Crippen LogP contribution in [-0.2, 0) is 17.9 Å². The predicted molar refractivity (Wildman–Crippen MR) is 99.1 cm³/mol. The Morgan fingerprint density at radius 1 is 1.04 bits per heavy atom. The summed E-state index contributed by atoms with van der Waals surface area (Å²) in [6, 6.07) is 15.6. The van der Waals surface area contributed by atoms with Gasteiger partial charge in [0.25, 0.3) is 0 Å². The van der Waals surface area contributed by atoms with E-state index in [1.807, 2.05) is 48.5 Å². The lowest BCUT2D eigenvalue weighted by atomic mass is 10.2. The zero-order valence-corrected chi connectivity index (χ0v) is 15.0. The molecule has 0 bridgehead atoms. The maximum atomic E-state index is 8.61. The maximum Gasteiger partial charge on any atom is 0.120 e. The topological polar surface area (TPSA) is 50.7 Å². The van der Waals surface area contributed by atoms with Crippen LogP contribution in [0.1, 0.15) is 11.1 Å². The lowest BCUT2D eigenvalue weighted by Crippen LogP contribution is -2.20. The number of ether oxygens (including phenoxy) is 2. The van der Waals surface area contributed by atoms with Crippen molar-refractivity contribution in [3.05, 3.63) is 64.7 Å². The fourth-order valence-corrected chi connectivity index (χ4v) is 2.26.